The van der Waals surface area contributed by atoms with Crippen LogP contribution in [0.25, 0.3) is 0 Å². The molecule has 2 aliphatic rings. The Morgan fingerprint density at radius 2 is 1.03 bits per heavy atom. The van der Waals surface area contributed by atoms with E-state index in [4.69, 9.17) is 35.0 Å². The molecule has 172 valence electrons. The van der Waals surface area contributed by atoms with Crippen LogP contribution in [0.3, 0.4) is 0 Å². The fraction of sp³-hybridized carbons (Fsp3) is 0.810. The highest BCUT2D eigenvalue weighted by Gasteiger charge is 2.20. The maximum atomic E-state index is 8.65. The van der Waals surface area contributed by atoms with Gasteiger partial charge in [0, 0.05) is 76.7 Å². The van der Waals surface area contributed by atoms with Crippen LogP contribution in [0.5, 0.6) is 0 Å². The Bertz CT molecular complexity index is 577. The van der Waals surface area contributed by atoms with E-state index in [-0.39, 0.29) is 0 Å². The molecule has 6 nitrogen and oxygen atoms in total. The van der Waals surface area contributed by atoms with Crippen molar-refractivity contribution in [1.29, 1.82) is 10.5 Å². The summed E-state index contributed by atoms with van der Waals surface area (Å²) in [5, 5.41) is 17.3. The molecule has 0 amide bonds. The van der Waals surface area contributed by atoms with Crippen LogP contribution in [-0.4, -0.2) is 105 Å². The highest BCUT2D eigenvalue weighted by molar-refractivity contribution is 8.23. The molecule has 0 bridgehead atoms. The smallest absolute Gasteiger partial charge is 0.136 e. The van der Waals surface area contributed by atoms with Gasteiger partial charge in [0.1, 0.15) is 8.64 Å². The third kappa shape index (κ3) is 10.7. The number of hydrogen-bond donors (Lipinski definition) is 0. The molecule has 0 aromatic carbocycles. The van der Waals surface area contributed by atoms with Gasteiger partial charge in [0.25, 0.3) is 0 Å². The normalized spacial score (nSPS) is 17.9. The summed E-state index contributed by atoms with van der Waals surface area (Å²) < 4.78 is 2.05. The molecule has 0 saturated carbocycles. The first-order chi connectivity index (χ1) is 15.1. The molecule has 2 aliphatic heterocycles. The minimum atomic E-state index is 0.648. The van der Waals surface area contributed by atoms with Crippen molar-refractivity contribution in [3.63, 3.8) is 0 Å². The maximum absolute atomic E-state index is 8.65. The Kier molecular flexibility index (Phi) is 13.8. The van der Waals surface area contributed by atoms with Gasteiger partial charge in [-0.15, -0.1) is 0 Å². The molecule has 10 heteroatoms. The van der Waals surface area contributed by atoms with Gasteiger partial charge in [-0.05, 0) is 32.4 Å². The van der Waals surface area contributed by atoms with E-state index in [1.54, 1.807) is 23.5 Å². The van der Waals surface area contributed by atoms with Crippen LogP contribution in [0.1, 0.15) is 32.1 Å². The minimum Gasteiger partial charge on any atom is -0.355 e. The van der Waals surface area contributed by atoms with Gasteiger partial charge in [-0.2, -0.15) is 10.5 Å². The van der Waals surface area contributed by atoms with Crippen LogP contribution in [0.15, 0.2) is 0 Å². The molecule has 0 aromatic heterocycles. The molecule has 0 N–H and O–H groups in total. The molecule has 0 unspecified atom stereocenters. The SMILES string of the molecule is N#CCCCN1CCN(C(=S)SCCCSC(=S)N2CCN(CCCC#N)CC2)CC1. The zero-order valence-corrected chi connectivity index (χ0v) is 21.6. The second kappa shape index (κ2) is 16.1. The quantitative estimate of drug-likeness (QED) is 0.331. The molecule has 2 rings (SSSR count). The lowest BCUT2D eigenvalue weighted by Crippen LogP contribution is -2.47. The topological polar surface area (TPSA) is 60.5 Å². The summed E-state index contributed by atoms with van der Waals surface area (Å²) >= 11 is 14.9. The first-order valence-corrected chi connectivity index (χ1v) is 13.9. The number of thioether (sulfide) groups is 2. The van der Waals surface area contributed by atoms with Crippen molar-refractivity contribution < 1.29 is 0 Å². The lowest BCUT2D eigenvalue weighted by atomic mass is 10.2. The number of nitriles is 2. The van der Waals surface area contributed by atoms with Crippen molar-refractivity contribution >= 4 is 56.6 Å². The van der Waals surface area contributed by atoms with Gasteiger partial charge < -0.3 is 9.80 Å². The molecule has 0 aliphatic carbocycles. The first kappa shape index (κ1) is 26.6. The summed E-state index contributed by atoms with van der Waals surface area (Å²) in [5.41, 5.74) is 0. The Morgan fingerprint density at radius 1 is 0.645 bits per heavy atom. The number of piperazine rings is 2. The van der Waals surface area contributed by atoms with Gasteiger partial charge in [-0.1, -0.05) is 48.0 Å². The second-order valence-corrected chi connectivity index (χ2v) is 11.2. The van der Waals surface area contributed by atoms with Crippen molar-refractivity contribution in [3.05, 3.63) is 0 Å². The van der Waals surface area contributed by atoms with Crippen LogP contribution in [0.4, 0.5) is 0 Å². The number of hydrogen-bond acceptors (Lipinski definition) is 8. The van der Waals surface area contributed by atoms with E-state index in [1.807, 2.05) is 0 Å². The standard InChI is InChI=1S/C21H34N6S4/c22-6-1-3-8-24-10-14-26(15-11-24)20(28)30-18-5-19-31-21(29)27-16-12-25(13-17-27)9-4-2-7-23/h1-5,8-19H2. The van der Waals surface area contributed by atoms with Gasteiger partial charge >= 0.3 is 0 Å². The average molecular weight is 499 g/mol. The van der Waals surface area contributed by atoms with Gasteiger partial charge in [0.2, 0.25) is 0 Å². The predicted octanol–water partition coefficient (Wildman–Crippen LogP) is 3.26. The maximum Gasteiger partial charge on any atom is 0.136 e. The molecule has 0 aromatic rings. The zero-order valence-electron chi connectivity index (χ0n) is 18.3. The number of thiocarbonyl (C=S) groups is 2. The third-order valence-electron chi connectivity index (χ3n) is 5.53. The van der Waals surface area contributed by atoms with Crippen molar-refractivity contribution in [2.24, 2.45) is 0 Å². The summed E-state index contributed by atoms with van der Waals surface area (Å²) in [7, 11) is 0. The van der Waals surface area contributed by atoms with Gasteiger partial charge in [-0.25, -0.2) is 0 Å². The van der Waals surface area contributed by atoms with Crippen LogP contribution >= 0.6 is 48.0 Å². The summed E-state index contributed by atoms with van der Waals surface area (Å²) in [6.45, 7) is 10.2. The van der Waals surface area contributed by atoms with Crippen LogP contribution in [0, 0.1) is 22.7 Å². The molecule has 0 radical (unpaired) electrons. The molecule has 31 heavy (non-hydrogen) atoms. The predicted molar refractivity (Wildman–Crippen MR) is 140 cm³/mol. The Balaban J connectivity index is 1.49. The highest BCUT2D eigenvalue weighted by atomic mass is 32.2. The van der Waals surface area contributed by atoms with E-state index in [9.17, 15) is 0 Å². The van der Waals surface area contributed by atoms with Crippen molar-refractivity contribution in [2.75, 3.05) is 77.0 Å². The Hall–Kier alpha value is -0.620. The van der Waals surface area contributed by atoms with Crippen molar-refractivity contribution in [1.82, 2.24) is 19.6 Å². The van der Waals surface area contributed by atoms with E-state index in [0.29, 0.717) is 12.8 Å². The summed E-state index contributed by atoms with van der Waals surface area (Å²) in [5.74, 6) is 2.09. The third-order valence-corrected chi connectivity index (χ3v) is 8.75. The molecular weight excluding hydrogens is 465 g/mol. The van der Waals surface area contributed by atoms with Gasteiger partial charge in [0.15, 0.2) is 0 Å². The van der Waals surface area contributed by atoms with E-state index in [1.165, 1.54) is 0 Å². The van der Waals surface area contributed by atoms with E-state index >= 15 is 0 Å². The second-order valence-electron chi connectivity index (χ2n) is 7.76. The largest absolute Gasteiger partial charge is 0.355 e. The first-order valence-electron chi connectivity index (χ1n) is 11.2. The minimum absolute atomic E-state index is 0.648. The Labute approximate surface area is 207 Å². The van der Waals surface area contributed by atoms with Gasteiger partial charge in [-0.3, -0.25) is 9.80 Å². The molecule has 2 saturated heterocycles. The molecule has 2 heterocycles. The van der Waals surface area contributed by atoms with Crippen LogP contribution in [-0.2, 0) is 0 Å². The summed E-state index contributed by atoms with van der Waals surface area (Å²) in [4.78, 5) is 9.53. The number of nitrogens with zero attached hydrogens (tertiary/aromatic N) is 6. The van der Waals surface area contributed by atoms with E-state index < -0.39 is 0 Å². The van der Waals surface area contributed by atoms with E-state index in [2.05, 4.69) is 31.7 Å². The number of rotatable bonds is 10. The lowest BCUT2D eigenvalue weighted by molar-refractivity contribution is 0.184. The fourth-order valence-electron chi connectivity index (χ4n) is 3.63. The van der Waals surface area contributed by atoms with Gasteiger partial charge in [0.05, 0.1) is 12.1 Å². The van der Waals surface area contributed by atoms with Crippen molar-refractivity contribution in [3.8, 4) is 12.1 Å². The average Bonchev–Trinajstić information content (AvgIpc) is 2.80. The van der Waals surface area contributed by atoms with Crippen molar-refractivity contribution in [2.45, 2.75) is 32.1 Å². The molecular formula is C21H34N6S4. The zero-order chi connectivity index (χ0) is 22.3. The Morgan fingerprint density at radius 3 is 1.39 bits per heavy atom. The van der Waals surface area contributed by atoms with Crippen LogP contribution < -0.4 is 0 Å². The molecule has 0 spiro atoms. The lowest BCUT2D eigenvalue weighted by Gasteiger charge is -2.36. The summed E-state index contributed by atoms with van der Waals surface area (Å²) in [6.07, 6.45) is 4.34. The highest BCUT2D eigenvalue weighted by Crippen LogP contribution is 2.18. The fourth-order valence-corrected chi connectivity index (χ4v) is 6.34. The molecule has 0 atom stereocenters. The monoisotopic (exact) mass is 498 g/mol. The summed E-state index contributed by atoms with van der Waals surface area (Å²) in [6, 6.07) is 4.44. The number of unbranched alkanes of at least 4 members (excludes halogenated alkanes) is 2. The van der Waals surface area contributed by atoms with E-state index in [0.717, 1.165) is 105 Å². The van der Waals surface area contributed by atoms with Crippen LogP contribution in [0.2, 0.25) is 0 Å². The molecule has 2 fully saturated rings.